The second-order valence-electron chi connectivity index (χ2n) is 8.91. The number of anilines is 2. The zero-order chi connectivity index (χ0) is 23.8. The number of halogens is 2. The van der Waals surface area contributed by atoms with E-state index in [1.54, 1.807) is 18.3 Å². The summed E-state index contributed by atoms with van der Waals surface area (Å²) in [6.45, 7) is 4.37. The molecule has 36 heavy (non-hydrogen) atoms. The fraction of sp³-hybridized carbons (Fsp3) is 0.346. The van der Waals surface area contributed by atoms with Gasteiger partial charge >= 0.3 is 0 Å². The van der Waals surface area contributed by atoms with Gasteiger partial charge in [-0.05, 0) is 42.7 Å². The molecule has 5 heterocycles. The van der Waals surface area contributed by atoms with Crippen LogP contribution in [0.25, 0.3) is 33.6 Å². The van der Waals surface area contributed by atoms with E-state index in [4.69, 9.17) is 14.1 Å². The van der Waals surface area contributed by atoms with Crippen molar-refractivity contribution < 1.29 is 18.7 Å². The number of pyridine rings is 1. The molecule has 4 aromatic rings. The monoisotopic (exact) mass is 511 g/mol. The number of fused-ring (bicyclic) bond motifs is 1. The standard InChI is InChI=1S/C26H26FN5O3.ClH/c27-19-4-1-17(2-5-19)22-23-25(32-9-7-20(33)8-10-32)29-16-30-26(23)35-24(22)18-3-6-21(28-15-18)31-11-13-34-14-12-31;/h1-6,15-16,20,33H,7-14H2;1H. The molecule has 0 radical (unpaired) electrons. The number of hydrogen-bond donors (Lipinski definition) is 1. The number of ether oxygens (including phenoxy) is 1. The summed E-state index contributed by atoms with van der Waals surface area (Å²) in [4.78, 5) is 18.1. The zero-order valence-corrected chi connectivity index (χ0v) is 20.5. The van der Waals surface area contributed by atoms with Crippen LogP contribution < -0.4 is 9.80 Å². The van der Waals surface area contributed by atoms with E-state index < -0.39 is 0 Å². The highest BCUT2D eigenvalue weighted by molar-refractivity contribution is 6.06. The fourth-order valence-electron chi connectivity index (χ4n) is 4.83. The molecule has 188 valence electrons. The van der Waals surface area contributed by atoms with E-state index in [0.717, 1.165) is 46.8 Å². The molecular formula is C26H27ClFN5O3. The summed E-state index contributed by atoms with van der Waals surface area (Å²) >= 11 is 0. The Kier molecular flexibility index (Phi) is 7.04. The van der Waals surface area contributed by atoms with Gasteiger partial charge in [-0.3, -0.25) is 0 Å². The van der Waals surface area contributed by atoms with E-state index in [-0.39, 0.29) is 24.3 Å². The van der Waals surface area contributed by atoms with Gasteiger partial charge in [0.15, 0.2) is 0 Å². The Bertz CT molecular complexity index is 1320. The van der Waals surface area contributed by atoms with Gasteiger partial charge in [0.25, 0.3) is 0 Å². The first kappa shape index (κ1) is 24.4. The minimum Gasteiger partial charge on any atom is -0.437 e. The van der Waals surface area contributed by atoms with Crippen LogP contribution >= 0.6 is 12.4 Å². The lowest BCUT2D eigenvalue weighted by molar-refractivity contribution is 0.122. The van der Waals surface area contributed by atoms with Gasteiger partial charge in [-0.25, -0.2) is 19.3 Å². The van der Waals surface area contributed by atoms with Crippen molar-refractivity contribution in [1.82, 2.24) is 15.0 Å². The summed E-state index contributed by atoms with van der Waals surface area (Å²) in [5.41, 5.74) is 2.89. The van der Waals surface area contributed by atoms with Crippen LogP contribution in [0.3, 0.4) is 0 Å². The van der Waals surface area contributed by atoms with Gasteiger partial charge in [0.05, 0.1) is 24.7 Å². The largest absolute Gasteiger partial charge is 0.437 e. The van der Waals surface area contributed by atoms with Crippen molar-refractivity contribution in [3.63, 3.8) is 0 Å². The summed E-state index contributed by atoms with van der Waals surface area (Å²) in [5, 5.41) is 10.8. The Morgan fingerprint density at radius 3 is 2.28 bits per heavy atom. The molecule has 2 aliphatic heterocycles. The van der Waals surface area contributed by atoms with E-state index in [2.05, 4.69) is 19.8 Å². The number of rotatable bonds is 4. The van der Waals surface area contributed by atoms with Crippen molar-refractivity contribution in [3.8, 4) is 22.5 Å². The molecule has 0 atom stereocenters. The molecule has 0 saturated carbocycles. The fourth-order valence-corrected chi connectivity index (χ4v) is 4.83. The SMILES string of the molecule is Cl.OC1CCN(c2ncnc3oc(-c4ccc(N5CCOCC5)nc4)c(-c4ccc(F)cc4)c23)CC1. The molecule has 2 saturated heterocycles. The number of morpholine rings is 1. The first-order valence-corrected chi connectivity index (χ1v) is 11.9. The number of nitrogens with zero attached hydrogens (tertiary/aromatic N) is 5. The third-order valence-corrected chi connectivity index (χ3v) is 6.71. The lowest BCUT2D eigenvalue weighted by atomic mass is 9.99. The molecule has 1 aromatic carbocycles. The molecule has 0 aliphatic carbocycles. The number of piperidine rings is 1. The Labute approximate surface area is 214 Å². The topological polar surface area (TPSA) is 87.8 Å². The molecule has 0 bridgehead atoms. The number of aliphatic hydroxyl groups excluding tert-OH is 1. The maximum absolute atomic E-state index is 13.8. The number of aromatic nitrogens is 3. The van der Waals surface area contributed by atoms with Gasteiger partial charge in [0, 0.05) is 43.5 Å². The molecule has 0 spiro atoms. The maximum Gasteiger partial charge on any atom is 0.232 e. The normalized spacial score (nSPS) is 16.8. The molecule has 3 aromatic heterocycles. The predicted octanol–water partition coefficient (Wildman–Crippen LogP) is 4.31. The summed E-state index contributed by atoms with van der Waals surface area (Å²) in [7, 11) is 0. The lowest BCUT2D eigenvalue weighted by Crippen LogP contribution is -2.36. The number of hydrogen-bond acceptors (Lipinski definition) is 8. The Hall–Kier alpha value is -3.27. The quantitative estimate of drug-likeness (QED) is 0.433. The van der Waals surface area contributed by atoms with Gasteiger partial charge in [-0.2, -0.15) is 0 Å². The molecule has 6 rings (SSSR count). The first-order valence-electron chi connectivity index (χ1n) is 11.9. The summed E-state index contributed by atoms with van der Waals surface area (Å²) in [6.07, 6.45) is 4.37. The Morgan fingerprint density at radius 2 is 1.58 bits per heavy atom. The molecule has 8 nitrogen and oxygen atoms in total. The lowest BCUT2D eigenvalue weighted by Gasteiger charge is -2.30. The van der Waals surface area contributed by atoms with Crippen molar-refractivity contribution >= 4 is 35.1 Å². The van der Waals surface area contributed by atoms with Crippen LogP contribution in [-0.4, -0.2) is 65.6 Å². The number of benzene rings is 1. The third-order valence-electron chi connectivity index (χ3n) is 6.71. The van der Waals surface area contributed by atoms with Crippen LogP contribution in [0, 0.1) is 5.82 Å². The maximum atomic E-state index is 13.8. The van der Waals surface area contributed by atoms with Crippen molar-refractivity contribution in [3.05, 3.63) is 54.7 Å². The predicted molar refractivity (Wildman–Crippen MR) is 138 cm³/mol. The van der Waals surface area contributed by atoms with E-state index in [1.807, 2.05) is 12.1 Å². The van der Waals surface area contributed by atoms with Crippen molar-refractivity contribution in [2.75, 3.05) is 49.2 Å². The molecule has 0 unspecified atom stereocenters. The molecule has 10 heteroatoms. The molecule has 2 fully saturated rings. The highest BCUT2D eigenvalue weighted by Crippen LogP contribution is 2.43. The highest BCUT2D eigenvalue weighted by Gasteiger charge is 2.27. The van der Waals surface area contributed by atoms with Crippen molar-refractivity contribution in [2.24, 2.45) is 0 Å². The third kappa shape index (κ3) is 4.61. The smallest absolute Gasteiger partial charge is 0.232 e. The molecule has 1 N–H and O–H groups in total. The summed E-state index contributed by atoms with van der Waals surface area (Å²) < 4.78 is 25.5. The zero-order valence-electron chi connectivity index (χ0n) is 19.6. The average Bonchev–Trinajstić information content (AvgIpc) is 3.30. The van der Waals surface area contributed by atoms with Gasteiger partial charge in [-0.15, -0.1) is 12.4 Å². The van der Waals surface area contributed by atoms with E-state index in [0.29, 0.717) is 50.6 Å². The van der Waals surface area contributed by atoms with Gasteiger partial charge in [-0.1, -0.05) is 12.1 Å². The van der Waals surface area contributed by atoms with Crippen molar-refractivity contribution in [1.29, 1.82) is 0 Å². The van der Waals surface area contributed by atoms with Crippen LogP contribution in [0.4, 0.5) is 16.0 Å². The van der Waals surface area contributed by atoms with E-state index in [9.17, 15) is 9.50 Å². The number of furan rings is 1. The minimum absolute atomic E-state index is 0. The summed E-state index contributed by atoms with van der Waals surface area (Å²) in [6, 6.07) is 10.4. The van der Waals surface area contributed by atoms with E-state index >= 15 is 0 Å². The van der Waals surface area contributed by atoms with Gasteiger partial charge in [0.1, 0.15) is 29.5 Å². The highest BCUT2D eigenvalue weighted by atomic mass is 35.5. The van der Waals surface area contributed by atoms with Gasteiger partial charge < -0.3 is 24.1 Å². The van der Waals surface area contributed by atoms with Crippen LogP contribution in [0.1, 0.15) is 12.8 Å². The molecule has 0 amide bonds. The van der Waals surface area contributed by atoms with E-state index in [1.165, 1.54) is 18.5 Å². The average molecular weight is 512 g/mol. The van der Waals surface area contributed by atoms with Crippen LogP contribution in [0.15, 0.2) is 53.3 Å². The second kappa shape index (κ2) is 10.4. The minimum atomic E-state index is -0.305. The summed E-state index contributed by atoms with van der Waals surface area (Å²) in [5.74, 6) is 1.96. The molecular weight excluding hydrogens is 485 g/mol. The van der Waals surface area contributed by atoms with Crippen LogP contribution in [-0.2, 0) is 4.74 Å². The first-order chi connectivity index (χ1) is 17.2. The van der Waals surface area contributed by atoms with Gasteiger partial charge in [0.2, 0.25) is 5.71 Å². The van der Waals surface area contributed by atoms with Crippen molar-refractivity contribution in [2.45, 2.75) is 18.9 Å². The Balaban J connectivity index is 0.00000267. The van der Waals surface area contributed by atoms with Crippen LogP contribution in [0.2, 0.25) is 0 Å². The van der Waals surface area contributed by atoms with Crippen LogP contribution in [0.5, 0.6) is 0 Å². The number of aliphatic hydroxyl groups is 1. The second-order valence-corrected chi connectivity index (χ2v) is 8.91. The Morgan fingerprint density at radius 1 is 0.861 bits per heavy atom. The molecule has 2 aliphatic rings.